The molecule has 4 bridgehead atoms. The molecule has 3 nitrogen and oxygen atoms in total. The third-order valence-corrected chi connectivity index (χ3v) is 5.79. The Morgan fingerprint density at radius 3 is 2.15 bits per heavy atom. The Morgan fingerprint density at radius 2 is 1.70 bits per heavy atom. The van der Waals surface area contributed by atoms with Gasteiger partial charge in [0, 0.05) is 12.5 Å². The van der Waals surface area contributed by atoms with Crippen LogP contribution in [0.4, 0.5) is 0 Å². The van der Waals surface area contributed by atoms with E-state index >= 15 is 0 Å². The normalized spacial score (nSPS) is 39.6. The number of nitrogens with one attached hydrogen (secondary N) is 1. The fraction of sp³-hybridized carbons (Fsp3) is 0.882. The minimum atomic E-state index is -0.0660. The van der Waals surface area contributed by atoms with Gasteiger partial charge in [0.05, 0.1) is 12.0 Å². The first-order valence-electron chi connectivity index (χ1n) is 8.25. The van der Waals surface area contributed by atoms with E-state index < -0.39 is 0 Å². The summed E-state index contributed by atoms with van der Waals surface area (Å²) in [7, 11) is 0. The highest BCUT2D eigenvalue weighted by Gasteiger charge is 2.50. The molecule has 0 saturated heterocycles. The molecular weight excluding hydrogens is 248 g/mol. The number of hydrogen-bond acceptors (Lipinski definition) is 2. The molecule has 1 unspecified atom stereocenters. The van der Waals surface area contributed by atoms with Crippen molar-refractivity contribution < 1.29 is 4.79 Å². The van der Waals surface area contributed by atoms with Crippen LogP contribution in [0.25, 0.3) is 0 Å². The SMILES string of the molecule is CC(C)NC(=O)CC(C#N)C1C2CC3CC(C2)CC1C3. The lowest BCUT2D eigenvalue weighted by Crippen LogP contribution is -2.48. The van der Waals surface area contributed by atoms with Gasteiger partial charge in [-0.15, -0.1) is 0 Å². The molecule has 0 heterocycles. The molecule has 0 aromatic heterocycles. The lowest BCUT2D eigenvalue weighted by atomic mass is 9.49. The molecule has 4 saturated carbocycles. The van der Waals surface area contributed by atoms with Crippen LogP contribution in [-0.2, 0) is 4.79 Å². The molecule has 0 aromatic carbocycles. The zero-order chi connectivity index (χ0) is 14.3. The van der Waals surface area contributed by atoms with E-state index in [1.165, 1.54) is 32.1 Å². The summed E-state index contributed by atoms with van der Waals surface area (Å²) in [6, 6.07) is 2.64. The van der Waals surface area contributed by atoms with Crippen molar-refractivity contribution in [1.29, 1.82) is 5.26 Å². The Hall–Kier alpha value is -1.04. The molecule has 0 aliphatic heterocycles. The van der Waals surface area contributed by atoms with Crippen molar-refractivity contribution in [2.45, 2.75) is 58.4 Å². The molecule has 4 fully saturated rings. The summed E-state index contributed by atoms with van der Waals surface area (Å²) in [6.07, 6.45) is 7.12. The van der Waals surface area contributed by atoms with E-state index in [2.05, 4.69) is 11.4 Å². The number of carbonyl (C=O) groups is 1. The molecular formula is C17H26N2O. The van der Waals surface area contributed by atoms with E-state index in [0.717, 1.165) is 23.7 Å². The summed E-state index contributed by atoms with van der Waals surface area (Å²) in [5, 5.41) is 12.5. The average Bonchev–Trinajstić information content (AvgIpc) is 2.35. The Morgan fingerprint density at radius 1 is 1.15 bits per heavy atom. The average molecular weight is 274 g/mol. The fourth-order valence-electron chi connectivity index (χ4n) is 5.47. The van der Waals surface area contributed by atoms with Crippen LogP contribution in [0.5, 0.6) is 0 Å². The maximum absolute atomic E-state index is 12.0. The highest BCUT2D eigenvalue weighted by Crippen LogP contribution is 2.58. The lowest BCUT2D eigenvalue weighted by Gasteiger charge is -2.55. The molecule has 20 heavy (non-hydrogen) atoms. The second kappa shape index (κ2) is 5.39. The molecule has 110 valence electrons. The number of nitrogens with zero attached hydrogens (tertiary/aromatic N) is 1. The van der Waals surface area contributed by atoms with E-state index in [1.54, 1.807) is 0 Å². The molecule has 1 amide bonds. The number of amides is 1. The predicted octanol–water partition coefficient (Wildman–Crippen LogP) is 3.11. The van der Waals surface area contributed by atoms with Gasteiger partial charge in [0.2, 0.25) is 5.91 Å². The largest absolute Gasteiger partial charge is 0.354 e. The van der Waals surface area contributed by atoms with E-state index in [-0.39, 0.29) is 17.9 Å². The molecule has 1 N–H and O–H groups in total. The Balaban J connectivity index is 1.67. The van der Waals surface area contributed by atoms with Crippen LogP contribution in [0.3, 0.4) is 0 Å². The Kier molecular flexibility index (Phi) is 3.75. The molecule has 0 aromatic rings. The van der Waals surface area contributed by atoms with E-state index in [1.807, 2.05) is 13.8 Å². The topological polar surface area (TPSA) is 52.9 Å². The maximum atomic E-state index is 12.0. The summed E-state index contributed by atoms with van der Waals surface area (Å²) >= 11 is 0. The van der Waals surface area contributed by atoms with Gasteiger partial charge >= 0.3 is 0 Å². The third kappa shape index (κ3) is 2.57. The standard InChI is InChI=1S/C17H26N2O/c1-10(2)19-16(20)8-15(9-18)17-13-4-11-3-12(6-13)7-14(17)5-11/h10-15,17H,3-8H2,1-2H3,(H,19,20). The van der Waals surface area contributed by atoms with Crippen LogP contribution in [-0.4, -0.2) is 11.9 Å². The molecule has 4 rings (SSSR count). The van der Waals surface area contributed by atoms with Crippen molar-refractivity contribution in [2.24, 2.45) is 35.5 Å². The lowest BCUT2D eigenvalue weighted by molar-refractivity contribution is -0.124. The number of rotatable bonds is 4. The van der Waals surface area contributed by atoms with Crippen LogP contribution in [0, 0.1) is 46.8 Å². The molecule has 3 heteroatoms. The highest BCUT2D eigenvalue weighted by atomic mass is 16.1. The Labute approximate surface area is 122 Å². The summed E-state index contributed by atoms with van der Waals surface area (Å²) < 4.78 is 0. The van der Waals surface area contributed by atoms with E-state index in [4.69, 9.17) is 0 Å². The van der Waals surface area contributed by atoms with Gasteiger partial charge in [-0.25, -0.2) is 0 Å². The Bertz CT molecular complexity index is 395. The molecule has 4 aliphatic rings. The summed E-state index contributed by atoms with van der Waals surface area (Å²) in [5.41, 5.74) is 0. The van der Waals surface area contributed by atoms with Crippen molar-refractivity contribution in [3.8, 4) is 6.07 Å². The van der Waals surface area contributed by atoms with Gasteiger partial charge in [-0.1, -0.05) is 0 Å². The van der Waals surface area contributed by atoms with Crippen molar-refractivity contribution in [3.63, 3.8) is 0 Å². The molecule has 4 aliphatic carbocycles. The monoisotopic (exact) mass is 274 g/mol. The quantitative estimate of drug-likeness (QED) is 0.856. The molecule has 0 radical (unpaired) electrons. The molecule has 0 spiro atoms. The molecule has 1 atom stereocenters. The smallest absolute Gasteiger partial charge is 0.221 e. The van der Waals surface area contributed by atoms with Crippen molar-refractivity contribution in [3.05, 3.63) is 0 Å². The first-order valence-corrected chi connectivity index (χ1v) is 8.25. The number of hydrogen-bond donors (Lipinski definition) is 1. The minimum absolute atomic E-state index is 0.0559. The summed E-state index contributed by atoms with van der Waals surface area (Å²) in [6.45, 7) is 3.95. The van der Waals surface area contributed by atoms with E-state index in [0.29, 0.717) is 12.3 Å². The maximum Gasteiger partial charge on any atom is 0.221 e. The predicted molar refractivity (Wildman–Crippen MR) is 77.5 cm³/mol. The van der Waals surface area contributed by atoms with Crippen LogP contribution < -0.4 is 5.32 Å². The number of nitriles is 1. The van der Waals surface area contributed by atoms with Gasteiger partial charge in [0.25, 0.3) is 0 Å². The van der Waals surface area contributed by atoms with Crippen molar-refractivity contribution in [2.75, 3.05) is 0 Å². The fourth-order valence-corrected chi connectivity index (χ4v) is 5.47. The van der Waals surface area contributed by atoms with Gasteiger partial charge in [-0.2, -0.15) is 5.26 Å². The van der Waals surface area contributed by atoms with Crippen LogP contribution in [0.15, 0.2) is 0 Å². The van der Waals surface area contributed by atoms with Gasteiger partial charge in [0.15, 0.2) is 0 Å². The van der Waals surface area contributed by atoms with Crippen LogP contribution in [0.1, 0.15) is 52.4 Å². The summed E-state index contributed by atoms with van der Waals surface area (Å²) in [4.78, 5) is 12.0. The zero-order valence-electron chi connectivity index (χ0n) is 12.6. The van der Waals surface area contributed by atoms with E-state index in [9.17, 15) is 10.1 Å². The second-order valence-electron chi connectivity index (χ2n) is 7.67. The first kappa shape index (κ1) is 13.9. The zero-order valence-corrected chi connectivity index (χ0v) is 12.6. The van der Waals surface area contributed by atoms with Crippen LogP contribution >= 0.6 is 0 Å². The highest BCUT2D eigenvalue weighted by molar-refractivity contribution is 5.76. The first-order chi connectivity index (χ1) is 9.56. The third-order valence-electron chi connectivity index (χ3n) is 5.79. The van der Waals surface area contributed by atoms with Crippen molar-refractivity contribution in [1.82, 2.24) is 5.32 Å². The van der Waals surface area contributed by atoms with Gasteiger partial charge in [-0.05, 0) is 75.5 Å². The van der Waals surface area contributed by atoms with Gasteiger partial charge in [-0.3, -0.25) is 4.79 Å². The van der Waals surface area contributed by atoms with Crippen LogP contribution in [0.2, 0.25) is 0 Å². The van der Waals surface area contributed by atoms with Gasteiger partial charge in [0.1, 0.15) is 0 Å². The number of carbonyl (C=O) groups excluding carboxylic acids is 1. The second-order valence-corrected chi connectivity index (χ2v) is 7.67. The van der Waals surface area contributed by atoms with Gasteiger partial charge < -0.3 is 5.32 Å². The minimum Gasteiger partial charge on any atom is -0.354 e. The van der Waals surface area contributed by atoms with Crippen molar-refractivity contribution >= 4 is 5.91 Å². The summed E-state index contributed by atoms with van der Waals surface area (Å²) in [5.74, 6) is 3.79.